The molecule has 258 valence electrons. The number of hydrogen-bond donors (Lipinski definition) is 2. The monoisotopic (exact) mass is 1030 g/mol. The second-order valence-corrected chi connectivity index (χ2v) is 49.8. The average molecular weight is 1030 g/mol. The van der Waals surface area contributed by atoms with Gasteiger partial charge in [0, 0.05) is 0 Å². The van der Waals surface area contributed by atoms with Gasteiger partial charge in [0.05, 0.1) is 18.6 Å². The molecule has 0 saturated carbocycles. The second kappa shape index (κ2) is 33.0. The minimum atomic E-state index is -3.40. The Morgan fingerprint density at radius 2 is 0.977 bits per heavy atom. The van der Waals surface area contributed by atoms with Crippen molar-refractivity contribution in [3.63, 3.8) is 0 Å². The van der Waals surface area contributed by atoms with Crippen LogP contribution in [0.15, 0.2) is 0 Å². The van der Waals surface area contributed by atoms with E-state index in [4.69, 9.17) is 5.11 Å². The summed E-state index contributed by atoms with van der Waals surface area (Å²) in [5, 5.41) is 10.6. The zero-order valence-electron chi connectivity index (χ0n) is 26.0. The van der Waals surface area contributed by atoms with Crippen LogP contribution in [-0.4, -0.2) is 76.5 Å². The Balaban J connectivity index is -0.000000677. The molecule has 0 radical (unpaired) electrons. The van der Waals surface area contributed by atoms with Crippen molar-refractivity contribution in [3.05, 3.63) is 0 Å². The van der Waals surface area contributed by atoms with E-state index in [1.54, 1.807) is 0 Å². The molecule has 0 aromatic carbocycles. The number of carboxylic acid groups (broad SMARTS) is 1. The number of hydrogen-bond acceptors (Lipinski definition) is 8. The summed E-state index contributed by atoms with van der Waals surface area (Å²) in [4.78, 5) is 32.2. The van der Waals surface area contributed by atoms with Crippen molar-refractivity contribution in [2.45, 2.75) is 117 Å². The Labute approximate surface area is 298 Å². The number of halogens is 3. The number of carboxylic acids is 1. The number of carbonyl (C=O) groups excluding carboxylic acids is 2. The van der Waals surface area contributed by atoms with Gasteiger partial charge in [0.25, 0.3) is 0 Å². The van der Waals surface area contributed by atoms with Crippen LogP contribution < -0.4 is 5.32 Å². The summed E-state index contributed by atoms with van der Waals surface area (Å²) in [5.41, 5.74) is 0. The molecule has 0 spiro atoms. The van der Waals surface area contributed by atoms with Gasteiger partial charge in [-0.25, -0.2) is 16.8 Å². The van der Waals surface area contributed by atoms with Crippen LogP contribution in [0.2, 0.25) is 0 Å². The summed E-state index contributed by atoms with van der Waals surface area (Å²) < 4.78 is 50.3. The molecular formula is C27H53I3NO9S2V. The van der Waals surface area contributed by atoms with Gasteiger partial charge in [0.15, 0.2) is 19.7 Å². The molecule has 0 fully saturated rings. The van der Waals surface area contributed by atoms with Gasteiger partial charge < -0.3 is 15.2 Å². The number of esters is 1. The van der Waals surface area contributed by atoms with Crippen molar-refractivity contribution < 1.29 is 46.0 Å². The van der Waals surface area contributed by atoms with Crippen LogP contribution in [0, 0.1) is 0 Å². The van der Waals surface area contributed by atoms with E-state index in [9.17, 15) is 31.2 Å². The number of aliphatic carboxylic acids is 1. The van der Waals surface area contributed by atoms with Gasteiger partial charge in [-0.3, -0.25) is 14.4 Å². The van der Waals surface area contributed by atoms with Crippen LogP contribution in [0.25, 0.3) is 0 Å². The Hall–Kier alpha value is 1.08. The third-order valence-corrected chi connectivity index (χ3v) is 9.18. The van der Waals surface area contributed by atoms with Crippen molar-refractivity contribution in [1.29, 1.82) is 0 Å². The summed E-state index contributed by atoms with van der Waals surface area (Å²) in [6.45, 7) is 4.04. The van der Waals surface area contributed by atoms with Crippen LogP contribution in [0.4, 0.5) is 0 Å². The van der Waals surface area contributed by atoms with Gasteiger partial charge in [-0.15, -0.1) is 0 Å². The molecule has 0 rings (SSSR count). The zero-order chi connectivity index (χ0) is 33.6. The van der Waals surface area contributed by atoms with Crippen molar-refractivity contribution in [2.24, 2.45) is 0 Å². The first kappa shape index (κ1) is 48.5. The second-order valence-electron chi connectivity index (χ2n) is 10.1. The van der Waals surface area contributed by atoms with E-state index in [1.807, 2.05) is 0 Å². The SMILES string of the molecule is CCCCCCCCCCS(=O)(=O)CC(=O)NCC(=O)OC.CCCCCCCCCCS(=O)(=O)CC(=O)O.[I][V]([I])[I]. The zero-order valence-corrected chi connectivity index (χ0v) is 35.5. The predicted octanol–water partition coefficient (Wildman–Crippen LogP) is 7.11. The van der Waals surface area contributed by atoms with E-state index in [-0.39, 0.29) is 23.0 Å². The van der Waals surface area contributed by atoms with E-state index >= 15 is 0 Å². The molecule has 0 heterocycles. The van der Waals surface area contributed by atoms with Crippen molar-refractivity contribution in [1.82, 2.24) is 5.32 Å². The molecule has 1 amide bonds. The molecule has 10 nitrogen and oxygen atoms in total. The minimum absolute atomic E-state index is 0.00819. The van der Waals surface area contributed by atoms with E-state index in [1.165, 1.54) is 58.5 Å². The molecule has 16 heteroatoms. The first-order chi connectivity index (χ1) is 20.1. The van der Waals surface area contributed by atoms with Crippen LogP contribution in [0.5, 0.6) is 0 Å². The van der Waals surface area contributed by atoms with Gasteiger partial charge in [-0.05, 0) is 12.8 Å². The van der Waals surface area contributed by atoms with Crippen LogP contribution in [0.1, 0.15) is 117 Å². The Morgan fingerprint density at radius 1 is 0.651 bits per heavy atom. The number of sulfone groups is 2. The van der Waals surface area contributed by atoms with Crippen LogP contribution in [0.3, 0.4) is 0 Å². The maximum atomic E-state index is 11.8. The Morgan fingerprint density at radius 3 is 1.30 bits per heavy atom. The maximum absolute atomic E-state index is 11.8. The third-order valence-electron chi connectivity index (χ3n) is 5.97. The molecule has 0 aromatic rings. The van der Waals surface area contributed by atoms with Crippen LogP contribution >= 0.6 is 59.9 Å². The summed E-state index contributed by atoms with van der Waals surface area (Å²) in [5.74, 6) is -3.80. The van der Waals surface area contributed by atoms with Crippen molar-refractivity contribution in [2.75, 3.05) is 36.7 Å². The molecule has 0 bridgehead atoms. The fraction of sp³-hybridized carbons (Fsp3) is 0.889. The summed E-state index contributed by atoms with van der Waals surface area (Å²) >= 11 is 7.39. The molecule has 0 aliphatic heterocycles. The molecule has 0 atom stereocenters. The van der Waals surface area contributed by atoms with Gasteiger partial charge in [0.2, 0.25) is 5.91 Å². The van der Waals surface area contributed by atoms with E-state index in [0.717, 1.165) is 38.5 Å². The standard InChI is InChI=1S/C15H29NO5S.C12H24O4S.3HI.V/c1-3-4-5-6-7-8-9-10-11-22(19,20)13-14(17)16-12-15(18)21-2;1-2-3-4-5-6-7-8-9-10-17(15,16)11-12(13)14;;;;/h3-13H2,1-2H3,(H,16,17);2-11H2,1H3,(H,13,14);3*1H;/q;;;;;+3/p-3. The molecule has 0 aliphatic rings. The van der Waals surface area contributed by atoms with Gasteiger partial charge in [-0.2, -0.15) is 0 Å². The number of amides is 1. The molecule has 0 unspecified atom stereocenters. The Kier molecular flexibility index (Phi) is 37.2. The van der Waals surface area contributed by atoms with Gasteiger partial charge in [0.1, 0.15) is 18.1 Å². The predicted molar refractivity (Wildman–Crippen MR) is 197 cm³/mol. The topological polar surface area (TPSA) is 161 Å². The number of nitrogens with one attached hydrogen (secondary N) is 1. The first-order valence-corrected chi connectivity index (χ1v) is 32.0. The summed E-state index contributed by atoms with van der Waals surface area (Å²) in [7, 11) is -5.58. The number of methoxy groups -OCH3 is 1. The first-order valence-electron chi connectivity index (χ1n) is 14.9. The number of rotatable bonds is 24. The van der Waals surface area contributed by atoms with Gasteiger partial charge in [-0.1, -0.05) is 104 Å². The van der Waals surface area contributed by atoms with Crippen LogP contribution in [-0.2, 0) is 43.7 Å². The Bertz CT molecular complexity index is 920. The van der Waals surface area contributed by atoms with Crippen molar-refractivity contribution in [3.8, 4) is 0 Å². The van der Waals surface area contributed by atoms with Crippen molar-refractivity contribution >= 4 is 97.5 Å². The molecule has 0 aliphatic carbocycles. The molecule has 0 aromatic heterocycles. The normalized spacial score (nSPS) is 11.1. The van der Waals surface area contributed by atoms with Gasteiger partial charge >= 0.3 is 76.8 Å². The quantitative estimate of drug-likeness (QED) is 0.0584. The summed E-state index contributed by atoms with van der Waals surface area (Å²) in [6, 6.07) is 0. The fourth-order valence-corrected chi connectivity index (χ4v) is 6.19. The van der Waals surface area contributed by atoms with E-state index in [2.05, 4.69) is 83.8 Å². The van der Waals surface area contributed by atoms with E-state index in [0.29, 0.717) is 12.8 Å². The molecular weight excluding hydrogens is 978 g/mol. The number of ether oxygens (including phenoxy) is 1. The molecule has 2 N–H and O–H groups in total. The number of unbranched alkanes of at least 4 members (excludes halogenated alkanes) is 14. The van der Waals surface area contributed by atoms with E-state index < -0.39 is 49.0 Å². The molecule has 43 heavy (non-hydrogen) atoms. The summed E-state index contributed by atoms with van der Waals surface area (Å²) in [6.07, 6.45) is 17.2. The fourth-order valence-electron chi connectivity index (χ4n) is 3.74. The average Bonchev–Trinajstić information content (AvgIpc) is 2.89. The molecule has 0 saturated heterocycles. The third kappa shape index (κ3) is 45.3. The number of carbonyl (C=O) groups is 3.